The van der Waals surface area contributed by atoms with Gasteiger partial charge in [0.1, 0.15) is 16.7 Å². The summed E-state index contributed by atoms with van der Waals surface area (Å²) in [6.07, 6.45) is 2.16. The van der Waals surface area contributed by atoms with E-state index in [9.17, 15) is 19.1 Å². The van der Waals surface area contributed by atoms with Crippen LogP contribution in [0.25, 0.3) is 0 Å². The number of carboxylic acids is 1. The Hall–Kier alpha value is -1.62. The summed E-state index contributed by atoms with van der Waals surface area (Å²) in [6.45, 7) is 2.05. The Balaban J connectivity index is 2.15. The van der Waals surface area contributed by atoms with Crippen LogP contribution < -0.4 is 5.32 Å². The molecule has 1 amide bonds. The summed E-state index contributed by atoms with van der Waals surface area (Å²) in [5.41, 5.74) is -1.26. The second-order valence-electron chi connectivity index (χ2n) is 5.94. The molecule has 1 unspecified atom stereocenters. The van der Waals surface area contributed by atoms with Crippen molar-refractivity contribution in [1.82, 2.24) is 5.32 Å². The van der Waals surface area contributed by atoms with Crippen molar-refractivity contribution in [2.45, 2.75) is 43.5 Å². The molecule has 22 heavy (non-hydrogen) atoms. The molecule has 120 valence electrons. The normalized spacial score (nSPS) is 26.2. The van der Waals surface area contributed by atoms with Gasteiger partial charge in [0.25, 0.3) is 0 Å². The first-order valence-electron chi connectivity index (χ1n) is 7.29. The Labute approximate surface area is 133 Å². The van der Waals surface area contributed by atoms with E-state index in [1.165, 1.54) is 18.2 Å². The quantitative estimate of drug-likeness (QED) is 0.834. The summed E-state index contributed by atoms with van der Waals surface area (Å²) in [7, 11) is 0. The minimum Gasteiger partial charge on any atom is -0.480 e. The number of benzene rings is 1. The van der Waals surface area contributed by atoms with E-state index in [0.717, 1.165) is 12.8 Å². The Morgan fingerprint density at radius 1 is 1.36 bits per heavy atom. The molecule has 1 saturated carbocycles. The van der Waals surface area contributed by atoms with Gasteiger partial charge in [-0.2, -0.15) is 0 Å². The fourth-order valence-corrected chi connectivity index (χ4v) is 3.00. The predicted molar refractivity (Wildman–Crippen MR) is 81.1 cm³/mol. The smallest absolute Gasteiger partial charge is 0.329 e. The molecule has 1 fully saturated rings. The van der Waals surface area contributed by atoms with E-state index in [0.29, 0.717) is 18.8 Å². The van der Waals surface area contributed by atoms with E-state index in [1.54, 1.807) is 6.07 Å². The lowest BCUT2D eigenvalue weighted by Crippen LogP contribution is -2.57. The van der Waals surface area contributed by atoms with Crippen molar-refractivity contribution >= 4 is 23.5 Å². The highest BCUT2D eigenvalue weighted by atomic mass is 35.5. The van der Waals surface area contributed by atoms with Gasteiger partial charge in [0, 0.05) is 5.56 Å². The zero-order chi connectivity index (χ0) is 16.3. The molecule has 0 radical (unpaired) electrons. The van der Waals surface area contributed by atoms with Crippen molar-refractivity contribution in [3.63, 3.8) is 0 Å². The van der Waals surface area contributed by atoms with Gasteiger partial charge in [-0.25, -0.2) is 9.18 Å². The molecule has 4 nitrogen and oxygen atoms in total. The Kier molecular flexibility index (Phi) is 5.06. The van der Waals surface area contributed by atoms with E-state index < -0.39 is 28.6 Å². The average molecular weight is 328 g/mol. The number of hydrogen-bond donors (Lipinski definition) is 2. The maximum Gasteiger partial charge on any atom is 0.329 e. The van der Waals surface area contributed by atoms with Crippen LogP contribution in [0.3, 0.4) is 0 Å². The number of carbonyl (C=O) groups excluding carboxylic acids is 1. The van der Waals surface area contributed by atoms with Crippen molar-refractivity contribution < 1.29 is 19.1 Å². The number of carbonyl (C=O) groups is 2. The first-order valence-corrected chi connectivity index (χ1v) is 7.73. The summed E-state index contributed by atoms with van der Waals surface area (Å²) < 4.78 is 13.7. The van der Waals surface area contributed by atoms with Crippen LogP contribution in [-0.2, 0) is 9.59 Å². The summed E-state index contributed by atoms with van der Waals surface area (Å²) in [5.74, 6) is -1.89. The number of nitrogens with one attached hydrogen (secondary N) is 1. The van der Waals surface area contributed by atoms with Gasteiger partial charge in [-0.1, -0.05) is 25.1 Å². The number of halogens is 2. The van der Waals surface area contributed by atoms with E-state index in [-0.39, 0.29) is 5.56 Å². The summed E-state index contributed by atoms with van der Waals surface area (Å²) in [6, 6.07) is 5.72. The van der Waals surface area contributed by atoms with Gasteiger partial charge in [-0.15, -0.1) is 11.6 Å². The zero-order valence-corrected chi connectivity index (χ0v) is 13.1. The molecule has 6 heteroatoms. The van der Waals surface area contributed by atoms with Gasteiger partial charge in [0.2, 0.25) is 5.91 Å². The number of aliphatic carboxylic acids is 1. The molecule has 2 N–H and O–H groups in total. The number of amides is 1. The third-order valence-corrected chi connectivity index (χ3v) is 4.74. The lowest BCUT2D eigenvalue weighted by molar-refractivity contribution is -0.149. The highest BCUT2D eigenvalue weighted by Crippen LogP contribution is 2.33. The molecule has 1 aromatic rings. The number of carboxylic acid groups (broad SMARTS) is 1. The molecule has 1 aliphatic carbocycles. The number of hydrogen-bond acceptors (Lipinski definition) is 2. The lowest BCUT2D eigenvalue weighted by Gasteiger charge is -2.36. The van der Waals surface area contributed by atoms with Crippen LogP contribution in [0.15, 0.2) is 24.3 Å². The maximum absolute atomic E-state index is 13.7. The van der Waals surface area contributed by atoms with E-state index in [4.69, 9.17) is 11.6 Å². The maximum atomic E-state index is 13.7. The number of rotatable bonds is 4. The standard InChI is InChI=1S/C16H19ClFNO3/c1-10-6-8-16(9-7-10,15(21)22)19-14(20)13(17)11-4-2-3-5-12(11)18/h2-5,10,13H,6-9H2,1H3,(H,19,20)(H,21,22). The molecule has 0 saturated heterocycles. The summed E-state index contributed by atoms with van der Waals surface area (Å²) >= 11 is 6.03. The molecule has 0 aliphatic heterocycles. The second-order valence-corrected chi connectivity index (χ2v) is 6.38. The Morgan fingerprint density at radius 2 is 1.95 bits per heavy atom. The van der Waals surface area contributed by atoms with Crippen molar-refractivity contribution in [1.29, 1.82) is 0 Å². The second kappa shape index (κ2) is 6.65. The van der Waals surface area contributed by atoms with Gasteiger partial charge in [-0.05, 0) is 37.7 Å². The highest BCUT2D eigenvalue weighted by Gasteiger charge is 2.43. The van der Waals surface area contributed by atoms with Crippen LogP contribution >= 0.6 is 11.6 Å². The minimum absolute atomic E-state index is 0.0476. The molecule has 1 atom stereocenters. The topological polar surface area (TPSA) is 66.4 Å². The molecule has 0 heterocycles. The van der Waals surface area contributed by atoms with Crippen LogP contribution in [0.2, 0.25) is 0 Å². The molecular formula is C16H19ClFNO3. The van der Waals surface area contributed by atoms with Crippen LogP contribution in [0.5, 0.6) is 0 Å². The molecule has 1 aliphatic rings. The highest BCUT2D eigenvalue weighted by molar-refractivity contribution is 6.31. The molecule has 0 spiro atoms. The predicted octanol–water partition coefficient (Wildman–Crippen LogP) is 3.26. The van der Waals surface area contributed by atoms with Gasteiger partial charge < -0.3 is 10.4 Å². The zero-order valence-electron chi connectivity index (χ0n) is 12.3. The van der Waals surface area contributed by atoms with E-state index >= 15 is 0 Å². The molecule has 1 aromatic carbocycles. The van der Waals surface area contributed by atoms with Crippen molar-refractivity contribution in [2.24, 2.45) is 5.92 Å². The van der Waals surface area contributed by atoms with Crippen LogP contribution in [0.4, 0.5) is 4.39 Å². The largest absolute Gasteiger partial charge is 0.480 e. The van der Waals surface area contributed by atoms with Gasteiger partial charge in [-0.3, -0.25) is 4.79 Å². The first-order chi connectivity index (χ1) is 10.4. The first kappa shape index (κ1) is 16.7. The van der Waals surface area contributed by atoms with Gasteiger partial charge in [0.05, 0.1) is 0 Å². The Bertz CT molecular complexity index is 570. The molecule has 2 rings (SSSR count). The minimum atomic E-state index is -1.30. The monoisotopic (exact) mass is 327 g/mol. The SMILES string of the molecule is CC1CCC(NC(=O)C(Cl)c2ccccc2F)(C(=O)O)CC1. The van der Waals surface area contributed by atoms with Crippen LogP contribution in [0.1, 0.15) is 43.5 Å². The summed E-state index contributed by atoms with van der Waals surface area (Å²) in [5, 5.41) is 10.8. The van der Waals surface area contributed by atoms with Crippen LogP contribution in [-0.4, -0.2) is 22.5 Å². The van der Waals surface area contributed by atoms with E-state index in [1.807, 2.05) is 0 Å². The molecule has 0 aromatic heterocycles. The van der Waals surface area contributed by atoms with Crippen molar-refractivity contribution in [2.75, 3.05) is 0 Å². The lowest BCUT2D eigenvalue weighted by atomic mass is 9.77. The van der Waals surface area contributed by atoms with Gasteiger partial charge in [0.15, 0.2) is 0 Å². The third-order valence-electron chi connectivity index (χ3n) is 4.31. The summed E-state index contributed by atoms with van der Waals surface area (Å²) in [4.78, 5) is 23.9. The number of alkyl halides is 1. The van der Waals surface area contributed by atoms with Crippen LogP contribution in [0, 0.1) is 11.7 Å². The third kappa shape index (κ3) is 3.40. The van der Waals surface area contributed by atoms with Crippen molar-refractivity contribution in [3.05, 3.63) is 35.6 Å². The fraction of sp³-hybridized carbons (Fsp3) is 0.500. The van der Waals surface area contributed by atoms with E-state index in [2.05, 4.69) is 12.2 Å². The average Bonchev–Trinajstić information content (AvgIpc) is 2.49. The van der Waals surface area contributed by atoms with Crippen molar-refractivity contribution in [3.8, 4) is 0 Å². The molecular weight excluding hydrogens is 309 g/mol. The molecule has 0 bridgehead atoms. The Morgan fingerprint density at radius 3 is 2.50 bits per heavy atom. The fourth-order valence-electron chi connectivity index (χ4n) is 2.77. The van der Waals surface area contributed by atoms with Gasteiger partial charge >= 0.3 is 5.97 Å².